The van der Waals surface area contributed by atoms with E-state index in [2.05, 4.69) is 4.98 Å². The predicted molar refractivity (Wildman–Crippen MR) is 53.6 cm³/mol. The molecule has 1 saturated carbocycles. The highest BCUT2D eigenvalue weighted by molar-refractivity contribution is 5.76. The van der Waals surface area contributed by atoms with E-state index in [4.69, 9.17) is 9.84 Å². The Morgan fingerprint density at radius 3 is 2.80 bits per heavy atom. The topological polar surface area (TPSA) is 59.4 Å². The number of aliphatic carboxylic acids is 1. The van der Waals surface area contributed by atoms with E-state index >= 15 is 0 Å². The quantitative estimate of drug-likeness (QED) is 0.806. The van der Waals surface area contributed by atoms with Gasteiger partial charge in [0.15, 0.2) is 6.10 Å². The molecule has 0 spiro atoms. The van der Waals surface area contributed by atoms with Gasteiger partial charge in [-0.1, -0.05) is 6.07 Å². The second kappa shape index (κ2) is 3.62. The van der Waals surface area contributed by atoms with Crippen molar-refractivity contribution in [3.05, 3.63) is 30.1 Å². The van der Waals surface area contributed by atoms with Gasteiger partial charge in [0.1, 0.15) is 0 Å². The van der Waals surface area contributed by atoms with Crippen LogP contribution in [-0.4, -0.2) is 29.3 Å². The Bertz CT molecular complexity index is 359. The minimum atomic E-state index is -0.904. The van der Waals surface area contributed by atoms with E-state index < -0.39 is 12.1 Å². The van der Waals surface area contributed by atoms with Crippen LogP contribution in [0.3, 0.4) is 0 Å². The molecule has 80 valence electrons. The van der Waals surface area contributed by atoms with Gasteiger partial charge in [-0.15, -0.1) is 0 Å². The molecule has 0 aliphatic heterocycles. The molecule has 1 unspecified atom stereocenters. The molecule has 2 rings (SSSR count). The van der Waals surface area contributed by atoms with Gasteiger partial charge < -0.3 is 9.84 Å². The van der Waals surface area contributed by atoms with Crippen molar-refractivity contribution < 1.29 is 14.6 Å². The van der Waals surface area contributed by atoms with E-state index in [1.807, 2.05) is 12.1 Å². The first kappa shape index (κ1) is 10.1. The molecule has 4 nitrogen and oxygen atoms in total. The van der Waals surface area contributed by atoms with Gasteiger partial charge in [0.05, 0.1) is 0 Å². The van der Waals surface area contributed by atoms with Crippen LogP contribution in [-0.2, 0) is 14.9 Å². The number of ether oxygens (including phenoxy) is 1. The molecule has 0 saturated heterocycles. The second-order valence-electron chi connectivity index (χ2n) is 3.85. The van der Waals surface area contributed by atoms with Gasteiger partial charge in [-0.05, 0) is 24.5 Å². The third kappa shape index (κ3) is 1.61. The first-order chi connectivity index (χ1) is 7.20. The zero-order chi connectivity index (χ0) is 10.9. The van der Waals surface area contributed by atoms with Gasteiger partial charge in [0.25, 0.3) is 0 Å². The number of pyridine rings is 1. The number of aromatic nitrogens is 1. The second-order valence-corrected chi connectivity index (χ2v) is 3.85. The SMILES string of the molecule is COC(C(=O)O)C1(c2cccnc2)CC1. The van der Waals surface area contributed by atoms with Crippen molar-refractivity contribution in [2.75, 3.05) is 7.11 Å². The predicted octanol–water partition coefficient (Wildman–Crippen LogP) is 1.21. The number of carboxylic acid groups (broad SMARTS) is 1. The van der Waals surface area contributed by atoms with E-state index in [0.717, 1.165) is 18.4 Å². The Labute approximate surface area is 87.9 Å². The third-order valence-corrected chi connectivity index (χ3v) is 2.99. The number of nitrogens with zero attached hydrogens (tertiary/aromatic N) is 1. The van der Waals surface area contributed by atoms with Crippen molar-refractivity contribution in [1.29, 1.82) is 0 Å². The van der Waals surface area contributed by atoms with Gasteiger partial charge in [0, 0.05) is 24.9 Å². The maximum Gasteiger partial charge on any atom is 0.333 e. The van der Waals surface area contributed by atoms with Crippen molar-refractivity contribution in [2.24, 2.45) is 0 Å². The van der Waals surface area contributed by atoms with Crippen LogP contribution in [0.4, 0.5) is 0 Å². The molecule has 1 aliphatic carbocycles. The summed E-state index contributed by atoms with van der Waals surface area (Å²) in [6.45, 7) is 0. The number of carboxylic acids is 1. The summed E-state index contributed by atoms with van der Waals surface area (Å²) in [5.41, 5.74) is 0.605. The molecule has 0 bridgehead atoms. The van der Waals surface area contributed by atoms with Crippen LogP contribution in [0.25, 0.3) is 0 Å². The monoisotopic (exact) mass is 207 g/mol. The Kier molecular flexibility index (Phi) is 2.44. The van der Waals surface area contributed by atoms with Crippen LogP contribution >= 0.6 is 0 Å². The fraction of sp³-hybridized carbons (Fsp3) is 0.455. The summed E-state index contributed by atoms with van der Waals surface area (Å²) < 4.78 is 5.07. The van der Waals surface area contributed by atoms with Crippen molar-refractivity contribution in [2.45, 2.75) is 24.4 Å². The minimum absolute atomic E-state index is 0.352. The van der Waals surface area contributed by atoms with Crippen molar-refractivity contribution in [1.82, 2.24) is 4.98 Å². The van der Waals surface area contributed by atoms with Crippen LogP contribution in [0.2, 0.25) is 0 Å². The lowest BCUT2D eigenvalue weighted by Gasteiger charge is -2.21. The third-order valence-electron chi connectivity index (χ3n) is 2.99. The molecule has 4 heteroatoms. The maximum absolute atomic E-state index is 11.0. The van der Waals surface area contributed by atoms with Crippen molar-refractivity contribution >= 4 is 5.97 Å². The van der Waals surface area contributed by atoms with E-state index in [1.54, 1.807) is 12.4 Å². The lowest BCUT2D eigenvalue weighted by Crippen LogP contribution is -2.35. The molecule has 1 heterocycles. The Morgan fingerprint density at radius 1 is 1.67 bits per heavy atom. The van der Waals surface area contributed by atoms with Crippen LogP contribution in [0.1, 0.15) is 18.4 Å². The Morgan fingerprint density at radius 2 is 2.40 bits per heavy atom. The molecule has 1 aromatic rings. The van der Waals surface area contributed by atoms with Gasteiger partial charge in [-0.3, -0.25) is 4.98 Å². The lowest BCUT2D eigenvalue weighted by atomic mass is 9.91. The van der Waals surface area contributed by atoms with E-state index in [0.29, 0.717) is 0 Å². The normalized spacial score (nSPS) is 19.5. The van der Waals surface area contributed by atoms with Crippen molar-refractivity contribution in [3.8, 4) is 0 Å². The summed E-state index contributed by atoms with van der Waals surface area (Å²) in [6, 6.07) is 3.74. The number of rotatable bonds is 4. The standard InChI is InChI=1S/C11H13NO3/c1-15-9(10(13)14)11(4-5-11)8-3-2-6-12-7-8/h2-3,6-7,9H,4-5H2,1H3,(H,13,14). The molecule has 1 atom stereocenters. The lowest BCUT2D eigenvalue weighted by molar-refractivity contribution is -0.150. The summed E-state index contributed by atoms with van der Waals surface area (Å²) in [4.78, 5) is 15.1. The van der Waals surface area contributed by atoms with E-state index in [1.165, 1.54) is 7.11 Å². The highest BCUT2D eigenvalue weighted by Crippen LogP contribution is 2.51. The first-order valence-electron chi connectivity index (χ1n) is 4.87. The van der Waals surface area contributed by atoms with E-state index in [-0.39, 0.29) is 5.41 Å². The van der Waals surface area contributed by atoms with Gasteiger partial charge in [0.2, 0.25) is 0 Å². The number of carbonyl (C=O) groups is 1. The minimum Gasteiger partial charge on any atom is -0.479 e. The maximum atomic E-state index is 11.0. The molecule has 0 aromatic carbocycles. The molecule has 1 N–H and O–H groups in total. The largest absolute Gasteiger partial charge is 0.479 e. The summed E-state index contributed by atoms with van der Waals surface area (Å²) in [5.74, 6) is -0.904. The molecule has 1 aliphatic rings. The van der Waals surface area contributed by atoms with Gasteiger partial charge in [-0.2, -0.15) is 0 Å². The number of hydrogen-bond donors (Lipinski definition) is 1. The molecule has 15 heavy (non-hydrogen) atoms. The molecule has 1 aromatic heterocycles. The highest BCUT2D eigenvalue weighted by atomic mass is 16.5. The summed E-state index contributed by atoms with van der Waals surface area (Å²) >= 11 is 0. The Balaban J connectivity index is 2.31. The van der Waals surface area contributed by atoms with Gasteiger partial charge in [-0.25, -0.2) is 4.79 Å². The zero-order valence-electron chi connectivity index (χ0n) is 8.51. The average molecular weight is 207 g/mol. The Hall–Kier alpha value is -1.42. The first-order valence-corrected chi connectivity index (χ1v) is 4.87. The number of methoxy groups -OCH3 is 1. The average Bonchev–Trinajstić information content (AvgIpc) is 3.01. The van der Waals surface area contributed by atoms with E-state index in [9.17, 15) is 4.79 Å². The molecule has 1 fully saturated rings. The summed E-state index contributed by atoms with van der Waals surface area (Å²) in [5, 5.41) is 9.06. The highest BCUT2D eigenvalue weighted by Gasteiger charge is 2.54. The summed E-state index contributed by atoms with van der Waals surface area (Å²) in [7, 11) is 1.44. The molecule has 0 amide bonds. The molecule has 0 radical (unpaired) electrons. The van der Waals surface area contributed by atoms with Crippen LogP contribution in [0, 0.1) is 0 Å². The number of hydrogen-bond acceptors (Lipinski definition) is 3. The van der Waals surface area contributed by atoms with Crippen LogP contribution in [0.5, 0.6) is 0 Å². The summed E-state index contributed by atoms with van der Waals surface area (Å²) in [6.07, 6.45) is 4.35. The molecular formula is C11H13NO3. The fourth-order valence-corrected chi connectivity index (χ4v) is 2.06. The van der Waals surface area contributed by atoms with Gasteiger partial charge >= 0.3 is 5.97 Å². The molecular weight excluding hydrogens is 194 g/mol. The zero-order valence-corrected chi connectivity index (χ0v) is 8.51. The van der Waals surface area contributed by atoms with Crippen LogP contribution in [0.15, 0.2) is 24.5 Å². The van der Waals surface area contributed by atoms with Crippen molar-refractivity contribution in [3.63, 3.8) is 0 Å². The van der Waals surface area contributed by atoms with Crippen LogP contribution < -0.4 is 0 Å². The fourth-order valence-electron chi connectivity index (χ4n) is 2.06. The smallest absolute Gasteiger partial charge is 0.333 e.